The first-order chi connectivity index (χ1) is 9.58. The maximum Gasteiger partial charge on any atom is 0.261 e. The number of aromatic hydroxyl groups is 2. The van der Waals surface area contributed by atoms with E-state index in [0.717, 1.165) is 11.5 Å². The van der Waals surface area contributed by atoms with Gasteiger partial charge in [-0.3, -0.25) is 4.79 Å². The number of benzene rings is 1. The van der Waals surface area contributed by atoms with Crippen molar-refractivity contribution < 1.29 is 15.0 Å². The molecule has 106 valence electrons. The summed E-state index contributed by atoms with van der Waals surface area (Å²) in [4.78, 5) is 11.8. The highest BCUT2D eigenvalue weighted by Crippen LogP contribution is 2.25. The van der Waals surface area contributed by atoms with Crippen LogP contribution in [-0.2, 0) is 4.79 Å². The second kappa shape index (κ2) is 8.12. The quantitative estimate of drug-likeness (QED) is 0.322. The van der Waals surface area contributed by atoms with Crippen molar-refractivity contribution in [3.8, 4) is 17.6 Å². The maximum absolute atomic E-state index is 11.8. The summed E-state index contributed by atoms with van der Waals surface area (Å²) in [5, 5.41) is 30.2. The highest BCUT2D eigenvalue weighted by molar-refractivity contribution is 7.99. The number of phenolic OH excluding ortho intramolecular Hbond substituents is 2. The van der Waals surface area contributed by atoms with Crippen LogP contribution in [0.3, 0.4) is 0 Å². The van der Waals surface area contributed by atoms with Crippen molar-refractivity contribution >= 4 is 23.7 Å². The standard InChI is InChI=1S/C14H16N2O3S/c1-2-20-6-5-16-14(19)11(9-15)7-10-3-4-12(17)13(18)8-10/h3-4,7-8,17-18H,2,5-6H2,1H3,(H,16,19)/b11-7+. The minimum Gasteiger partial charge on any atom is -0.504 e. The topological polar surface area (TPSA) is 93.4 Å². The first-order valence-electron chi connectivity index (χ1n) is 6.08. The SMILES string of the molecule is CCSCCNC(=O)/C(C#N)=C/c1ccc(O)c(O)c1. The molecule has 0 unspecified atom stereocenters. The van der Waals surface area contributed by atoms with Crippen LogP contribution in [0.2, 0.25) is 0 Å². The Hall–Kier alpha value is -2.13. The van der Waals surface area contributed by atoms with Crippen LogP contribution in [0.5, 0.6) is 11.5 Å². The summed E-state index contributed by atoms with van der Waals surface area (Å²) in [7, 11) is 0. The molecule has 3 N–H and O–H groups in total. The van der Waals surface area contributed by atoms with Crippen LogP contribution in [0.1, 0.15) is 12.5 Å². The predicted octanol–water partition coefficient (Wildman–Crippen LogP) is 1.87. The minimum atomic E-state index is -0.447. The Morgan fingerprint density at radius 3 is 2.80 bits per heavy atom. The predicted molar refractivity (Wildman–Crippen MR) is 79.4 cm³/mol. The average molecular weight is 292 g/mol. The molecule has 0 atom stereocenters. The molecule has 0 radical (unpaired) electrons. The van der Waals surface area contributed by atoms with E-state index in [1.165, 1.54) is 24.3 Å². The van der Waals surface area contributed by atoms with Crippen molar-refractivity contribution in [1.29, 1.82) is 5.26 Å². The summed E-state index contributed by atoms with van der Waals surface area (Å²) in [6, 6.07) is 5.91. The Labute approximate surface area is 121 Å². The molecule has 0 saturated carbocycles. The molecule has 5 nitrogen and oxygen atoms in total. The molecular formula is C14H16N2O3S. The monoisotopic (exact) mass is 292 g/mol. The Bertz CT molecular complexity index is 550. The van der Waals surface area contributed by atoms with Crippen molar-refractivity contribution in [2.24, 2.45) is 0 Å². The number of hydrogen-bond acceptors (Lipinski definition) is 5. The largest absolute Gasteiger partial charge is 0.504 e. The van der Waals surface area contributed by atoms with Crippen LogP contribution in [0, 0.1) is 11.3 Å². The fraction of sp³-hybridized carbons (Fsp3) is 0.286. The van der Waals surface area contributed by atoms with E-state index in [4.69, 9.17) is 5.26 Å². The van der Waals surface area contributed by atoms with E-state index in [1.54, 1.807) is 11.8 Å². The zero-order chi connectivity index (χ0) is 15.0. The van der Waals surface area contributed by atoms with Gasteiger partial charge in [-0.1, -0.05) is 13.0 Å². The van der Waals surface area contributed by atoms with Crippen molar-refractivity contribution in [3.63, 3.8) is 0 Å². The summed E-state index contributed by atoms with van der Waals surface area (Å²) < 4.78 is 0. The van der Waals surface area contributed by atoms with E-state index >= 15 is 0 Å². The van der Waals surface area contributed by atoms with Gasteiger partial charge in [0, 0.05) is 12.3 Å². The molecule has 20 heavy (non-hydrogen) atoms. The second-order valence-corrected chi connectivity index (χ2v) is 5.26. The van der Waals surface area contributed by atoms with E-state index in [2.05, 4.69) is 5.32 Å². The van der Waals surface area contributed by atoms with Crippen LogP contribution < -0.4 is 5.32 Å². The Morgan fingerprint density at radius 1 is 1.45 bits per heavy atom. The third-order valence-corrected chi connectivity index (χ3v) is 3.31. The molecule has 0 aliphatic rings. The lowest BCUT2D eigenvalue weighted by Gasteiger charge is -2.04. The molecule has 1 aromatic rings. The van der Waals surface area contributed by atoms with Gasteiger partial charge in [-0.2, -0.15) is 17.0 Å². The van der Waals surface area contributed by atoms with E-state index in [0.29, 0.717) is 12.1 Å². The third kappa shape index (κ3) is 4.86. The summed E-state index contributed by atoms with van der Waals surface area (Å²) in [5.41, 5.74) is 0.423. The molecule has 0 spiro atoms. The van der Waals surface area contributed by atoms with Gasteiger partial charge in [-0.25, -0.2) is 0 Å². The smallest absolute Gasteiger partial charge is 0.261 e. The number of carbonyl (C=O) groups excluding carboxylic acids is 1. The lowest BCUT2D eigenvalue weighted by atomic mass is 10.1. The van der Waals surface area contributed by atoms with E-state index in [1.807, 2.05) is 13.0 Å². The molecule has 0 aliphatic carbocycles. The van der Waals surface area contributed by atoms with Gasteiger partial charge in [-0.15, -0.1) is 0 Å². The summed E-state index contributed by atoms with van der Waals surface area (Å²) in [6.45, 7) is 2.53. The van der Waals surface area contributed by atoms with Gasteiger partial charge in [-0.05, 0) is 29.5 Å². The van der Waals surface area contributed by atoms with Crippen LogP contribution in [0.4, 0.5) is 0 Å². The van der Waals surface area contributed by atoms with Crippen LogP contribution >= 0.6 is 11.8 Å². The highest BCUT2D eigenvalue weighted by Gasteiger charge is 2.09. The van der Waals surface area contributed by atoms with Gasteiger partial charge >= 0.3 is 0 Å². The lowest BCUT2D eigenvalue weighted by Crippen LogP contribution is -2.26. The van der Waals surface area contributed by atoms with Gasteiger partial charge in [0.25, 0.3) is 5.91 Å². The number of carbonyl (C=O) groups is 1. The molecule has 1 amide bonds. The molecule has 0 bridgehead atoms. The van der Waals surface area contributed by atoms with E-state index in [9.17, 15) is 15.0 Å². The maximum atomic E-state index is 11.8. The number of thioether (sulfide) groups is 1. The fourth-order valence-electron chi connectivity index (χ4n) is 1.42. The zero-order valence-electron chi connectivity index (χ0n) is 11.1. The van der Waals surface area contributed by atoms with Crippen molar-refractivity contribution in [2.75, 3.05) is 18.1 Å². The Balaban J connectivity index is 2.74. The third-order valence-electron chi connectivity index (χ3n) is 2.41. The normalized spacial score (nSPS) is 10.9. The van der Waals surface area contributed by atoms with Crippen LogP contribution in [0.15, 0.2) is 23.8 Å². The summed E-state index contributed by atoms with van der Waals surface area (Å²) >= 11 is 1.70. The van der Waals surface area contributed by atoms with Gasteiger partial charge < -0.3 is 15.5 Å². The molecule has 0 aliphatic heterocycles. The molecule has 0 fully saturated rings. The number of nitriles is 1. The van der Waals surface area contributed by atoms with Crippen molar-refractivity contribution in [3.05, 3.63) is 29.3 Å². The number of rotatable bonds is 6. The molecule has 0 aromatic heterocycles. The van der Waals surface area contributed by atoms with Crippen molar-refractivity contribution in [2.45, 2.75) is 6.92 Å². The lowest BCUT2D eigenvalue weighted by molar-refractivity contribution is -0.116. The van der Waals surface area contributed by atoms with Gasteiger partial charge in [0.1, 0.15) is 11.6 Å². The van der Waals surface area contributed by atoms with E-state index in [-0.39, 0.29) is 17.1 Å². The molecule has 1 aromatic carbocycles. The van der Waals surface area contributed by atoms with Gasteiger partial charge in [0.05, 0.1) is 0 Å². The zero-order valence-corrected chi connectivity index (χ0v) is 11.9. The Morgan fingerprint density at radius 2 is 2.20 bits per heavy atom. The van der Waals surface area contributed by atoms with Crippen LogP contribution in [-0.4, -0.2) is 34.2 Å². The molecular weight excluding hydrogens is 276 g/mol. The highest BCUT2D eigenvalue weighted by atomic mass is 32.2. The first-order valence-corrected chi connectivity index (χ1v) is 7.23. The molecule has 1 rings (SSSR count). The number of phenols is 2. The Kier molecular flexibility index (Phi) is 6.47. The number of hydrogen-bond donors (Lipinski definition) is 3. The molecule has 0 saturated heterocycles. The van der Waals surface area contributed by atoms with Gasteiger partial charge in [0.15, 0.2) is 11.5 Å². The number of nitrogens with zero attached hydrogens (tertiary/aromatic N) is 1. The molecule has 0 heterocycles. The van der Waals surface area contributed by atoms with Crippen molar-refractivity contribution in [1.82, 2.24) is 5.32 Å². The van der Waals surface area contributed by atoms with Gasteiger partial charge in [0.2, 0.25) is 0 Å². The number of nitrogens with one attached hydrogen (secondary N) is 1. The average Bonchev–Trinajstić information content (AvgIpc) is 2.44. The first kappa shape index (κ1) is 15.9. The minimum absolute atomic E-state index is 0.0448. The van der Waals surface area contributed by atoms with E-state index < -0.39 is 5.91 Å². The fourth-order valence-corrected chi connectivity index (χ4v) is 1.96. The number of amides is 1. The summed E-state index contributed by atoms with van der Waals surface area (Å²) in [6.07, 6.45) is 1.36. The molecule has 6 heteroatoms. The second-order valence-electron chi connectivity index (χ2n) is 3.87. The van der Waals surface area contributed by atoms with Crippen LogP contribution in [0.25, 0.3) is 6.08 Å². The summed E-state index contributed by atoms with van der Waals surface area (Å²) in [5.74, 6) is 0.777.